The lowest BCUT2D eigenvalue weighted by Gasteiger charge is -2.29. The lowest BCUT2D eigenvalue weighted by molar-refractivity contribution is 0.0474. The van der Waals surface area contributed by atoms with E-state index in [4.69, 9.17) is 4.74 Å². The van der Waals surface area contributed by atoms with Crippen LogP contribution in [-0.2, 0) is 18.3 Å². The van der Waals surface area contributed by atoms with Gasteiger partial charge in [0.15, 0.2) is 5.96 Å². The number of carbonyl (C=O) groups excluding carboxylic acids is 1. The van der Waals surface area contributed by atoms with Crippen molar-refractivity contribution in [1.82, 2.24) is 25.7 Å². The van der Waals surface area contributed by atoms with E-state index >= 15 is 0 Å². The monoisotopic (exact) mass is 508 g/mol. The highest BCUT2D eigenvalue weighted by Crippen LogP contribution is 2.13. The van der Waals surface area contributed by atoms with Gasteiger partial charge in [-0.2, -0.15) is 5.10 Å². The fourth-order valence-corrected chi connectivity index (χ4v) is 2.47. The van der Waals surface area contributed by atoms with Crippen LogP contribution in [0.2, 0.25) is 0 Å². The van der Waals surface area contributed by atoms with Crippen molar-refractivity contribution in [2.75, 3.05) is 13.1 Å². The molecule has 1 heterocycles. The average molecular weight is 508 g/mol. The molecule has 3 N–H and O–H groups in total. The van der Waals surface area contributed by atoms with Gasteiger partial charge in [-0.1, -0.05) is 0 Å². The Morgan fingerprint density at radius 1 is 1.18 bits per heavy atom. The molecule has 0 spiro atoms. The molecule has 0 aromatic carbocycles. The van der Waals surface area contributed by atoms with Gasteiger partial charge < -0.3 is 20.7 Å². The van der Waals surface area contributed by atoms with E-state index in [2.05, 4.69) is 26.0 Å². The normalized spacial score (nSPS) is 12.2. The molecule has 0 bridgehead atoms. The highest BCUT2D eigenvalue weighted by Gasteiger charge is 2.24. The van der Waals surface area contributed by atoms with Gasteiger partial charge >= 0.3 is 6.09 Å². The Morgan fingerprint density at radius 2 is 1.79 bits per heavy atom. The molecule has 0 saturated heterocycles. The van der Waals surface area contributed by atoms with Crippen LogP contribution in [-0.4, -0.2) is 46.1 Å². The second-order valence-electron chi connectivity index (χ2n) is 8.33. The summed E-state index contributed by atoms with van der Waals surface area (Å²) >= 11 is 0. The Balaban J connectivity index is 0.00000729. The molecule has 0 aliphatic heterocycles. The van der Waals surface area contributed by atoms with Crippen molar-refractivity contribution in [3.63, 3.8) is 0 Å². The summed E-state index contributed by atoms with van der Waals surface area (Å²) in [5.41, 5.74) is 2.20. The lowest BCUT2D eigenvalue weighted by Crippen LogP contribution is -2.54. The van der Waals surface area contributed by atoms with Crippen molar-refractivity contribution in [1.29, 1.82) is 0 Å². The summed E-state index contributed by atoms with van der Waals surface area (Å²) in [6.45, 7) is 17.2. The Morgan fingerprint density at radius 3 is 2.25 bits per heavy atom. The highest BCUT2D eigenvalue weighted by molar-refractivity contribution is 14.0. The fourth-order valence-electron chi connectivity index (χ4n) is 2.47. The largest absolute Gasteiger partial charge is 0.444 e. The first-order chi connectivity index (χ1) is 12.3. The third-order valence-electron chi connectivity index (χ3n) is 3.94. The molecule has 8 nitrogen and oxygen atoms in total. The van der Waals surface area contributed by atoms with E-state index < -0.39 is 17.2 Å². The molecular formula is C19H37IN6O2. The van der Waals surface area contributed by atoms with Gasteiger partial charge in [0.2, 0.25) is 0 Å². The number of guanidine groups is 1. The third kappa shape index (κ3) is 9.11. The zero-order valence-corrected chi connectivity index (χ0v) is 21.0. The van der Waals surface area contributed by atoms with Crippen molar-refractivity contribution in [3.05, 3.63) is 17.0 Å². The smallest absolute Gasteiger partial charge is 0.408 e. The van der Waals surface area contributed by atoms with Crippen molar-refractivity contribution in [3.8, 4) is 0 Å². The third-order valence-corrected chi connectivity index (χ3v) is 3.94. The molecule has 0 aliphatic rings. The van der Waals surface area contributed by atoms with Crippen LogP contribution < -0.4 is 16.0 Å². The van der Waals surface area contributed by atoms with Gasteiger partial charge in [0.05, 0.1) is 17.8 Å². The van der Waals surface area contributed by atoms with E-state index in [1.165, 1.54) is 0 Å². The molecular weight excluding hydrogens is 471 g/mol. The fraction of sp³-hybridized carbons (Fsp3) is 0.737. The van der Waals surface area contributed by atoms with Gasteiger partial charge in [-0.3, -0.25) is 4.68 Å². The van der Waals surface area contributed by atoms with E-state index in [0.29, 0.717) is 19.0 Å². The average Bonchev–Trinajstić information content (AvgIpc) is 2.73. The number of amides is 1. The summed E-state index contributed by atoms with van der Waals surface area (Å²) in [7, 11) is 1.93. The number of carbonyl (C=O) groups is 1. The van der Waals surface area contributed by atoms with E-state index in [9.17, 15) is 4.79 Å². The number of nitrogens with one attached hydrogen (secondary N) is 3. The maximum atomic E-state index is 12.0. The highest BCUT2D eigenvalue weighted by atomic mass is 127. The number of hydrogen-bond acceptors (Lipinski definition) is 4. The summed E-state index contributed by atoms with van der Waals surface area (Å²) in [5.74, 6) is 0.694. The first kappa shape index (κ1) is 26.5. The van der Waals surface area contributed by atoms with E-state index in [1.54, 1.807) is 0 Å². The summed E-state index contributed by atoms with van der Waals surface area (Å²) < 4.78 is 7.20. The summed E-state index contributed by atoms with van der Waals surface area (Å²) in [6, 6.07) is 0. The maximum Gasteiger partial charge on any atom is 0.408 e. The van der Waals surface area contributed by atoms with Crippen LogP contribution in [0.15, 0.2) is 4.99 Å². The molecule has 1 amide bonds. The summed E-state index contributed by atoms with van der Waals surface area (Å²) in [6.07, 6.45) is -0.433. The van der Waals surface area contributed by atoms with Crippen molar-refractivity contribution >= 4 is 36.0 Å². The first-order valence-corrected chi connectivity index (χ1v) is 9.37. The van der Waals surface area contributed by atoms with Gasteiger partial charge in [-0.05, 0) is 55.4 Å². The number of aromatic nitrogens is 2. The van der Waals surface area contributed by atoms with Crippen molar-refractivity contribution in [2.24, 2.45) is 12.0 Å². The van der Waals surface area contributed by atoms with E-state index in [0.717, 1.165) is 23.5 Å². The van der Waals surface area contributed by atoms with Gasteiger partial charge in [-0.15, -0.1) is 24.0 Å². The molecule has 0 saturated carbocycles. The van der Waals surface area contributed by atoms with Crippen LogP contribution in [0.1, 0.15) is 58.5 Å². The van der Waals surface area contributed by atoms with Gasteiger partial charge in [0.1, 0.15) is 5.60 Å². The minimum Gasteiger partial charge on any atom is -0.444 e. The second kappa shape index (κ2) is 10.9. The molecule has 0 unspecified atom stereocenters. The number of aliphatic imine (C=N–C) groups is 1. The SMILES string of the molecule is CCNC(=NCc1c(C)nn(C)c1C)NCC(C)(C)NC(=O)OC(C)(C)C.I. The maximum absolute atomic E-state index is 12.0. The van der Waals surface area contributed by atoms with Gasteiger partial charge in [0.25, 0.3) is 0 Å². The zero-order chi connectivity index (χ0) is 20.8. The molecule has 162 valence electrons. The molecule has 1 aromatic rings. The second-order valence-corrected chi connectivity index (χ2v) is 8.33. The van der Waals surface area contributed by atoms with Gasteiger partial charge in [-0.25, -0.2) is 9.79 Å². The number of hydrogen-bond donors (Lipinski definition) is 3. The molecule has 9 heteroatoms. The van der Waals surface area contributed by atoms with Crippen LogP contribution in [0.25, 0.3) is 0 Å². The molecule has 0 aliphatic carbocycles. The summed E-state index contributed by atoms with van der Waals surface area (Å²) in [4.78, 5) is 16.7. The molecule has 1 rings (SSSR count). The quantitative estimate of drug-likeness (QED) is 0.312. The Bertz CT molecular complexity index is 677. The molecule has 0 radical (unpaired) electrons. The predicted octanol–water partition coefficient (Wildman–Crippen LogP) is 3.01. The van der Waals surface area contributed by atoms with Gasteiger partial charge in [0, 0.05) is 31.4 Å². The Kier molecular flexibility index (Phi) is 10.3. The van der Waals surface area contributed by atoms with Crippen LogP contribution in [0.4, 0.5) is 4.79 Å². The summed E-state index contributed by atoms with van der Waals surface area (Å²) in [5, 5.41) is 13.8. The molecule has 1 aromatic heterocycles. The minimum absolute atomic E-state index is 0. The van der Waals surface area contributed by atoms with Crippen LogP contribution in [0, 0.1) is 13.8 Å². The van der Waals surface area contributed by atoms with Crippen LogP contribution in [0.5, 0.6) is 0 Å². The van der Waals surface area contributed by atoms with Crippen molar-refractivity contribution in [2.45, 2.75) is 73.1 Å². The van der Waals surface area contributed by atoms with E-state index in [1.807, 2.05) is 67.1 Å². The Hall–Kier alpha value is -1.52. The number of nitrogens with zero attached hydrogens (tertiary/aromatic N) is 3. The zero-order valence-electron chi connectivity index (χ0n) is 18.7. The molecule has 0 atom stereocenters. The number of alkyl carbamates (subject to hydrolysis) is 1. The topological polar surface area (TPSA) is 92.6 Å². The number of ether oxygens (including phenoxy) is 1. The Labute approximate surface area is 186 Å². The van der Waals surface area contributed by atoms with Crippen LogP contribution in [0.3, 0.4) is 0 Å². The molecule has 28 heavy (non-hydrogen) atoms. The first-order valence-electron chi connectivity index (χ1n) is 9.37. The molecule has 0 fully saturated rings. The van der Waals surface area contributed by atoms with E-state index in [-0.39, 0.29) is 24.0 Å². The standard InChI is InChI=1S/C19H36N6O2.HI/c1-10-20-16(21-11-15-13(2)24-25(9)14(15)3)22-12-19(7,8)23-17(26)27-18(4,5)6;/h10-12H2,1-9H3,(H,23,26)(H2,20,21,22);1H. The lowest BCUT2D eigenvalue weighted by atomic mass is 10.1. The minimum atomic E-state index is -0.524. The van der Waals surface area contributed by atoms with Crippen LogP contribution >= 0.6 is 24.0 Å². The number of halogens is 1. The number of rotatable bonds is 6. The van der Waals surface area contributed by atoms with Crippen molar-refractivity contribution < 1.29 is 9.53 Å². The predicted molar refractivity (Wildman–Crippen MR) is 124 cm³/mol. The number of aryl methyl sites for hydroxylation is 2.